The van der Waals surface area contributed by atoms with E-state index >= 15 is 0 Å². The molecule has 10 nitrogen and oxygen atoms in total. The summed E-state index contributed by atoms with van der Waals surface area (Å²) in [4.78, 5) is 28.9. The number of methoxy groups -OCH3 is 2. The van der Waals surface area contributed by atoms with Crippen molar-refractivity contribution in [1.82, 2.24) is 14.9 Å². The molecule has 3 aromatic carbocycles. The van der Waals surface area contributed by atoms with Gasteiger partial charge in [-0.25, -0.2) is 9.37 Å². The number of fused-ring (bicyclic) bond motifs is 1. The van der Waals surface area contributed by atoms with Gasteiger partial charge in [0.1, 0.15) is 11.3 Å². The molecule has 0 saturated carbocycles. The molecule has 0 bridgehead atoms. The number of halogens is 1. The van der Waals surface area contributed by atoms with E-state index in [9.17, 15) is 19.1 Å². The third-order valence-electron chi connectivity index (χ3n) is 5.78. The van der Waals surface area contributed by atoms with Gasteiger partial charge in [0.25, 0.3) is 5.91 Å². The first-order valence-corrected chi connectivity index (χ1v) is 11.1. The molecule has 0 unspecified atom stereocenters. The Hall–Kier alpha value is -4.80. The third kappa shape index (κ3) is 5.25. The van der Waals surface area contributed by atoms with E-state index in [2.05, 4.69) is 10.3 Å². The van der Waals surface area contributed by atoms with Crippen molar-refractivity contribution in [2.45, 2.75) is 12.5 Å². The second-order valence-corrected chi connectivity index (χ2v) is 8.14. The summed E-state index contributed by atoms with van der Waals surface area (Å²) in [7, 11) is 4.59. The number of hydrogen-bond donors (Lipinski definition) is 3. The molecule has 1 aromatic heterocycles. The van der Waals surface area contributed by atoms with Gasteiger partial charge < -0.3 is 34.9 Å². The SMILES string of the molecule is COc1cc(C(=O)N[C@@H](CC(=O)O)c2cccc(F)c2)cc(OC)c1Oc1cccc2c1nc(N)n2C. The van der Waals surface area contributed by atoms with E-state index in [0.29, 0.717) is 22.8 Å². The van der Waals surface area contributed by atoms with E-state index in [-0.39, 0.29) is 22.8 Å². The number of benzene rings is 3. The maximum atomic E-state index is 13.7. The van der Waals surface area contributed by atoms with Gasteiger partial charge in [-0.1, -0.05) is 18.2 Å². The summed E-state index contributed by atoms with van der Waals surface area (Å²) in [6, 6.07) is 12.6. The molecule has 192 valence electrons. The molecule has 0 aliphatic carbocycles. The summed E-state index contributed by atoms with van der Waals surface area (Å²) in [6.07, 6.45) is -0.443. The molecule has 1 heterocycles. The van der Waals surface area contributed by atoms with Gasteiger partial charge in [-0.2, -0.15) is 0 Å². The molecule has 1 amide bonds. The minimum atomic E-state index is -1.15. The number of amides is 1. The zero-order valence-electron chi connectivity index (χ0n) is 20.3. The van der Waals surface area contributed by atoms with E-state index in [1.807, 2.05) is 6.07 Å². The second kappa shape index (κ2) is 10.4. The van der Waals surface area contributed by atoms with Crippen molar-refractivity contribution in [3.05, 3.63) is 71.5 Å². The number of nitrogens with one attached hydrogen (secondary N) is 1. The van der Waals surface area contributed by atoms with Gasteiger partial charge in [0.05, 0.1) is 32.2 Å². The lowest BCUT2D eigenvalue weighted by molar-refractivity contribution is -0.137. The van der Waals surface area contributed by atoms with Crippen LogP contribution < -0.4 is 25.3 Å². The lowest BCUT2D eigenvalue weighted by Gasteiger charge is -2.19. The topological polar surface area (TPSA) is 138 Å². The predicted molar refractivity (Wildman–Crippen MR) is 134 cm³/mol. The number of aryl methyl sites for hydroxylation is 1. The van der Waals surface area contributed by atoms with Crippen molar-refractivity contribution in [2.24, 2.45) is 7.05 Å². The number of nitrogen functional groups attached to an aromatic ring is 1. The number of carboxylic acids is 1. The summed E-state index contributed by atoms with van der Waals surface area (Å²) in [5, 5.41) is 12.0. The Kier molecular flexibility index (Phi) is 7.14. The Balaban J connectivity index is 1.68. The van der Waals surface area contributed by atoms with Crippen molar-refractivity contribution in [2.75, 3.05) is 20.0 Å². The number of anilines is 1. The van der Waals surface area contributed by atoms with Crippen LogP contribution in [0.1, 0.15) is 28.4 Å². The van der Waals surface area contributed by atoms with Crippen molar-refractivity contribution in [3.63, 3.8) is 0 Å². The molecular formula is C26H25FN4O6. The summed E-state index contributed by atoms with van der Waals surface area (Å²) < 4.78 is 32.6. The molecule has 0 fully saturated rings. The van der Waals surface area contributed by atoms with Gasteiger partial charge in [-0.3, -0.25) is 9.59 Å². The number of nitrogens with two attached hydrogens (primary N) is 1. The van der Waals surface area contributed by atoms with Gasteiger partial charge in [0.15, 0.2) is 17.2 Å². The molecular weight excluding hydrogens is 483 g/mol. The van der Waals surface area contributed by atoms with Crippen molar-refractivity contribution >= 4 is 28.9 Å². The quantitative estimate of drug-likeness (QED) is 0.308. The Morgan fingerprint density at radius 3 is 2.38 bits per heavy atom. The molecule has 4 N–H and O–H groups in total. The number of rotatable bonds is 9. The zero-order valence-corrected chi connectivity index (χ0v) is 20.3. The summed E-state index contributed by atoms with van der Waals surface area (Å²) in [5.41, 5.74) is 7.66. The average Bonchev–Trinajstić information content (AvgIpc) is 3.17. The average molecular weight is 509 g/mol. The molecule has 0 aliphatic heterocycles. The first-order chi connectivity index (χ1) is 17.7. The van der Waals surface area contributed by atoms with Gasteiger partial charge >= 0.3 is 5.97 Å². The van der Waals surface area contributed by atoms with Crippen LogP contribution in [0.3, 0.4) is 0 Å². The highest BCUT2D eigenvalue weighted by Crippen LogP contribution is 2.43. The van der Waals surface area contributed by atoms with Crippen LogP contribution in [0.2, 0.25) is 0 Å². The van der Waals surface area contributed by atoms with Gasteiger partial charge in [0.2, 0.25) is 11.7 Å². The number of carbonyl (C=O) groups is 2. The van der Waals surface area contributed by atoms with Crippen LogP contribution in [-0.2, 0) is 11.8 Å². The minimum Gasteiger partial charge on any atom is -0.493 e. The van der Waals surface area contributed by atoms with Crippen LogP contribution in [0.15, 0.2) is 54.6 Å². The first kappa shape index (κ1) is 25.3. The van der Waals surface area contributed by atoms with Crippen molar-refractivity contribution < 1.29 is 33.3 Å². The monoisotopic (exact) mass is 508 g/mol. The smallest absolute Gasteiger partial charge is 0.305 e. The van der Waals surface area contributed by atoms with E-state index in [0.717, 1.165) is 5.52 Å². The van der Waals surface area contributed by atoms with E-state index < -0.39 is 30.2 Å². The van der Waals surface area contributed by atoms with E-state index in [1.54, 1.807) is 29.8 Å². The number of aliphatic carboxylic acids is 1. The molecule has 0 saturated heterocycles. The molecule has 4 rings (SSSR count). The molecule has 0 spiro atoms. The fourth-order valence-electron chi connectivity index (χ4n) is 3.90. The minimum absolute atomic E-state index is 0.119. The highest BCUT2D eigenvalue weighted by molar-refractivity contribution is 5.96. The highest BCUT2D eigenvalue weighted by Gasteiger charge is 2.23. The van der Waals surface area contributed by atoms with E-state index in [1.165, 1.54) is 44.6 Å². The van der Waals surface area contributed by atoms with Crippen LogP contribution in [-0.4, -0.2) is 40.8 Å². The normalized spacial score (nSPS) is 11.7. The number of aromatic nitrogens is 2. The Bertz CT molecular complexity index is 1460. The lowest BCUT2D eigenvalue weighted by Crippen LogP contribution is -2.30. The fourth-order valence-corrected chi connectivity index (χ4v) is 3.90. The van der Waals surface area contributed by atoms with E-state index in [4.69, 9.17) is 19.9 Å². The number of para-hydroxylation sites is 1. The molecule has 4 aromatic rings. The number of carbonyl (C=O) groups excluding carboxylic acids is 1. The van der Waals surface area contributed by atoms with Crippen molar-refractivity contribution in [1.29, 1.82) is 0 Å². The lowest BCUT2D eigenvalue weighted by atomic mass is 10.0. The van der Waals surface area contributed by atoms with Gasteiger partial charge in [-0.05, 0) is 42.0 Å². The number of imidazole rings is 1. The number of nitrogens with zero attached hydrogens (tertiary/aromatic N) is 2. The maximum Gasteiger partial charge on any atom is 0.305 e. The largest absolute Gasteiger partial charge is 0.493 e. The second-order valence-electron chi connectivity index (χ2n) is 8.14. The zero-order chi connectivity index (χ0) is 26.7. The van der Waals surface area contributed by atoms with Crippen LogP contribution in [0, 0.1) is 5.82 Å². The Labute approximate surface area is 211 Å². The van der Waals surface area contributed by atoms with Gasteiger partial charge in [0, 0.05) is 12.6 Å². The Morgan fingerprint density at radius 1 is 1.08 bits per heavy atom. The number of ether oxygens (including phenoxy) is 3. The summed E-state index contributed by atoms with van der Waals surface area (Å²) in [6.45, 7) is 0. The Morgan fingerprint density at radius 2 is 1.76 bits per heavy atom. The van der Waals surface area contributed by atoms with Crippen LogP contribution in [0.4, 0.5) is 10.3 Å². The fraction of sp³-hybridized carbons (Fsp3) is 0.192. The molecule has 0 radical (unpaired) electrons. The maximum absolute atomic E-state index is 13.7. The highest BCUT2D eigenvalue weighted by atomic mass is 19.1. The molecule has 11 heteroatoms. The number of hydrogen-bond acceptors (Lipinski definition) is 7. The standard InChI is InChI=1S/C26H25FN4O6/c1-31-18-8-5-9-19(23(18)30-26(31)28)37-24-20(35-2)11-15(12-21(24)36-3)25(34)29-17(13-22(32)33)14-6-4-7-16(27)10-14/h4-12,17H,13H2,1-3H3,(H2,28,30)(H,29,34)(H,32,33)/t17-/m0/s1. The van der Waals surface area contributed by atoms with Crippen LogP contribution in [0.25, 0.3) is 11.0 Å². The summed E-state index contributed by atoms with van der Waals surface area (Å²) >= 11 is 0. The van der Waals surface area contributed by atoms with Crippen LogP contribution >= 0.6 is 0 Å². The molecule has 37 heavy (non-hydrogen) atoms. The number of carboxylic acid groups (broad SMARTS) is 1. The molecule has 1 atom stereocenters. The molecule has 0 aliphatic rings. The van der Waals surface area contributed by atoms with Gasteiger partial charge in [-0.15, -0.1) is 0 Å². The third-order valence-corrected chi connectivity index (χ3v) is 5.78. The van der Waals surface area contributed by atoms with Crippen LogP contribution in [0.5, 0.6) is 23.0 Å². The predicted octanol–water partition coefficient (Wildman–Crippen LogP) is 4.05. The van der Waals surface area contributed by atoms with Crippen molar-refractivity contribution in [3.8, 4) is 23.0 Å². The first-order valence-electron chi connectivity index (χ1n) is 11.1. The summed E-state index contributed by atoms with van der Waals surface area (Å²) in [5.74, 6) is -1.03.